The zero-order chi connectivity index (χ0) is 28.9. The number of urea groups is 1. The average molecular weight is 615 g/mol. The Hall–Kier alpha value is -3.21. The average Bonchev–Trinajstić information content (AvgIpc) is 2.96. The minimum absolute atomic E-state index is 0.0623. The number of hydrogen-bond donors (Lipinski definition) is 1. The van der Waals surface area contributed by atoms with Gasteiger partial charge in [-0.15, -0.1) is 0 Å². The van der Waals surface area contributed by atoms with Crippen molar-refractivity contribution in [2.24, 2.45) is 0 Å². The zero-order valence-corrected chi connectivity index (χ0v) is 25.4. The van der Waals surface area contributed by atoms with Gasteiger partial charge in [0.2, 0.25) is 5.91 Å². The van der Waals surface area contributed by atoms with Crippen molar-refractivity contribution in [3.8, 4) is 0 Å². The molecule has 9 nitrogen and oxygen atoms in total. The second-order valence-electron chi connectivity index (χ2n) is 10.2. The van der Waals surface area contributed by atoms with Gasteiger partial charge in [0.15, 0.2) is 5.16 Å². The van der Waals surface area contributed by atoms with Gasteiger partial charge in [0.25, 0.3) is 0 Å². The third-order valence-electron chi connectivity index (χ3n) is 7.36. The lowest BCUT2D eigenvalue weighted by molar-refractivity contribution is -0.128. The minimum atomic E-state index is -0.172. The van der Waals surface area contributed by atoms with Gasteiger partial charge in [0, 0.05) is 74.3 Å². The molecule has 3 amide bonds. The van der Waals surface area contributed by atoms with E-state index in [4.69, 9.17) is 28.2 Å². The fraction of sp³-hybridized carbons (Fsp3) is 0.379. The number of para-hydroxylation sites is 1. The van der Waals surface area contributed by atoms with Gasteiger partial charge >= 0.3 is 6.03 Å². The molecule has 0 radical (unpaired) electrons. The molecule has 0 spiro atoms. The van der Waals surface area contributed by atoms with E-state index in [1.54, 1.807) is 29.2 Å². The number of halogens is 2. The van der Waals surface area contributed by atoms with Gasteiger partial charge in [-0.2, -0.15) is 0 Å². The molecule has 0 aliphatic carbocycles. The summed E-state index contributed by atoms with van der Waals surface area (Å²) < 4.78 is 0. The van der Waals surface area contributed by atoms with Gasteiger partial charge in [0.05, 0.1) is 5.75 Å². The lowest BCUT2D eigenvalue weighted by atomic mass is 10.1. The molecule has 2 aromatic carbocycles. The van der Waals surface area contributed by atoms with Gasteiger partial charge < -0.3 is 24.9 Å². The Morgan fingerprint density at radius 2 is 1.71 bits per heavy atom. The van der Waals surface area contributed by atoms with E-state index >= 15 is 0 Å². The minimum Gasteiger partial charge on any atom is -0.368 e. The Labute approximate surface area is 254 Å². The molecule has 0 unspecified atom stereocenters. The van der Waals surface area contributed by atoms with Gasteiger partial charge in [0.1, 0.15) is 11.0 Å². The van der Waals surface area contributed by atoms with Crippen LogP contribution in [0.3, 0.4) is 0 Å². The largest absolute Gasteiger partial charge is 0.368 e. The highest BCUT2D eigenvalue weighted by molar-refractivity contribution is 7.99. The summed E-state index contributed by atoms with van der Waals surface area (Å²) in [5.74, 6) is 1.00. The van der Waals surface area contributed by atoms with Crippen LogP contribution in [-0.4, -0.2) is 89.3 Å². The molecule has 0 bridgehead atoms. The zero-order valence-electron chi connectivity index (χ0n) is 23.1. The van der Waals surface area contributed by atoms with Gasteiger partial charge in [-0.05, 0) is 43.7 Å². The molecule has 1 atom stereocenters. The Balaban J connectivity index is 1.13. The number of amides is 3. The first-order chi connectivity index (χ1) is 19.8. The molecule has 1 N–H and O–H groups in total. The number of anilines is 3. The summed E-state index contributed by atoms with van der Waals surface area (Å²) in [7, 11) is 0. The summed E-state index contributed by atoms with van der Waals surface area (Å²) >= 11 is 13.7. The third kappa shape index (κ3) is 7.36. The quantitative estimate of drug-likeness (QED) is 0.230. The van der Waals surface area contributed by atoms with Crippen LogP contribution in [0.15, 0.2) is 59.8 Å². The van der Waals surface area contributed by atoms with Crippen molar-refractivity contribution in [2.45, 2.75) is 25.0 Å². The van der Waals surface area contributed by atoms with Gasteiger partial charge in [-0.3, -0.25) is 4.79 Å². The fourth-order valence-electron chi connectivity index (χ4n) is 5.17. The summed E-state index contributed by atoms with van der Waals surface area (Å²) in [4.78, 5) is 43.1. The number of benzene rings is 2. The predicted molar refractivity (Wildman–Crippen MR) is 167 cm³/mol. The van der Waals surface area contributed by atoms with Gasteiger partial charge in [-0.25, -0.2) is 14.8 Å². The van der Waals surface area contributed by atoms with E-state index in [1.807, 2.05) is 24.0 Å². The van der Waals surface area contributed by atoms with Crippen LogP contribution in [0.2, 0.25) is 10.2 Å². The first kappa shape index (κ1) is 29.3. The normalized spacial score (nSPS) is 17.5. The van der Waals surface area contributed by atoms with E-state index in [0.29, 0.717) is 59.6 Å². The number of nitrogens with one attached hydrogen (secondary N) is 1. The van der Waals surface area contributed by atoms with Crippen molar-refractivity contribution in [1.82, 2.24) is 19.8 Å². The first-order valence-corrected chi connectivity index (χ1v) is 15.3. The van der Waals surface area contributed by atoms with Gasteiger partial charge in [-0.1, -0.05) is 59.2 Å². The van der Waals surface area contributed by atoms with Crippen LogP contribution in [0.25, 0.3) is 0 Å². The maximum atomic E-state index is 13.0. The van der Waals surface area contributed by atoms with Crippen LogP contribution in [-0.2, 0) is 4.79 Å². The van der Waals surface area contributed by atoms with E-state index in [0.717, 1.165) is 13.1 Å². The number of aromatic nitrogens is 2. The number of rotatable bonds is 6. The molecule has 0 saturated carbocycles. The second-order valence-corrected chi connectivity index (χ2v) is 12.0. The maximum Gasteiger partial charge on any atom is 0.322 e. The van der Waals surface area contributed by atoms with Crippen molar-refractivity contribution in [1.29, 1.82) is 0 Å². The second kappa shape index (κ2) is 13.2. The van der Waals surface area contributed by atoms with Crippen molar-refractivity contribution in [2.75, 3.05) is 66.7 Å². The monoisotopic (exact) mass is 613 g/mol. The summed E-state index contributed by atoms with van der Waals surface area (Å²) in [6.07, 6.45) is 0. The molecule has 2 fully saturated rings. The molecule has 5 rings (SSSR count). The third-order valence-corrected chi connectivity index (χ3v) is 8.62. The van der Waals surface area contributed by atoms with E-state index in [1.165, 1.54) is 23.0 Å². The smallest absolute Gasteiger partial charge is 0.322 e. The molecule has 216 valence electrons. The van der Waals surface area contributed by atoms with Crippen LogP contribution in [0.4, 0.5) is 22.0 Å². The molecular weight excluding hydrogens is 581 g/mol. The summed E-state index contributed by atoms with van der Waals surface area (Å²) in [5, 5.41) is 4.28. The number of hydrogen-bond acceptors (Lipinski definition) is 7. The summed E-state index contributed by atoms with van der Waals surface area (Å²) in [6, 6.07) is 16.9. The SMILES string of the molecule is Cc1ccccc1N1CCN(C(=O)CSc2nc(Cl)cc(N3CCN(C(=O)Nc4cccc(Cl)c4)[C@H](C)C3)n2)CC1. The Bertz CT molecular complexity index is 1400. The Kier molecular flexibility index (Phi) is 9.42. The number of carbonyl (C=O) groups excluding carboxylic acids is 2. The molecule has 3 heterocycles. The standard InChI is InChI=1S/C29H33Cl2N7O2S/c1-20-6-3-4-9-24(20)35-10-12-36(13-11-35)27(39)19-41-28-33-25(31)17-26(34-28)37-14-15-38(21(2)18-37)29(40)32-23-8-5-7-22(30)16-23/h3-9,16-17,21H,10-15,18-19H2,1-2H3,(H,32,40)/t21-/m1/s1. The number of nitrogens with zero attached hydrogens (tertiary/aromatic N) is 6. The van der Waals surface area contributed by atoms with E-state index < -0.39 is 0 Å². The number of carbonyl (C=O) groups is 2. The lowest BCUT2D eigenvalue weighted by Gasteiger charge is -2.40. The molecule has 2 aliphatic heterocycles. The highest BCUT2D eigenvalue weighted by atomic mass is 35.5. The molecule has 12 heteroatoms. The van der Waals surface area contributed by atoms with Crippen molar-refractivity contribution < 1.29 is 9.59 Å². The molecule has 2 saturated heterocycles. The van der Waals surface area contributed by atoms with Crippen molar-refractivity contribution in [3.05, 3.63) is 70.3 Å². The highest BCUT2D eigenvalue weighted by Crippen LogP contribution is 2.26. The maximum absolute atomic E-state index is 13.0. The Morgan fingerprint density at radius 3 is 2.44 bits per heavy atom. The number of piperazine rings is 2. The molecule has 41 heavy (non-hydrogen) atoms. The summed E-state index contributed by atoms with van der Waals surface area (Å²) in [6.45, 7) is 8.79. The molecule has 3 aromatic rings. The summed E-state index contributed by atoms with van der Waals surface area (Å²) in [5.41, 5.74) is 3.13. The van der Waals surface area contributed by atoms with Crippen molar-refractivity contribution >= 4 is 64.1 Å². The number of aryl methyl sites for hydroxylation is 1. The van der Waals surface area contributed by atoms with Crippen LogP contribution in [0.5, 0.6) is 0 Å². The lowest BCUT2D eigenvalue weighted by Crippen LogP contribution is -2.55. The van der Waals surface area contributed by atoms with Crippen LogP contribution < -0.4 is 15.1 Å². The molecular formula is C29H33Cl2N7O2S. The van der Waals surface area contributed by atoms with E-state index in [-0.39, 0.29) is 23.7 Å². The Morgan fingerprint density at radius 1 is 0.951 bits per heavy atom. The van der Waals surface area contributed by atoms with Crippen molar-refractivity contribution in [3.63, 3.8) is 0 Å². The topological polar surface area (TPSA) is 84.9 Å². The molecule has 2 aliphatic rings. The van der Waals surface area contributed by atoms with E-state index in [2.05, 4.69) is 45.2 Å². The van der Waals surface area contributed by atoms with Crippen LogP contribution in [0, 0.1) is 6.92 Å². The fourth-order valence-corrected chi connectivity index (χ4v) is 6.35. The first-order valence-electron chi connectivity index (χ1n) is 13.6. The predicted octanol–water partition coefficient (Wildman–Crippen LogP) is 5.28. The van der Waals surface area contributed by atoms with Crippen LogP contribution in [0.1, 0.15) is 12.5 Å². The van der Waals surface area contributed by atoms with E-state index in [9.17, 15) is 9.59 Å². The highest BCUT2D eigenvalue weighted by Gasteiger charge is 2.29. The molecule has 1 aromatic heterocycles. The van der Waals surface area contributed by atoms with Crippen LogP contribution >= 0.6 is 35.0 Å². The number of thioether (sulfide) groups is 1.